The molecule has 3 N–H and O–H groups in total. The van der Waals surface area contributed by atoms with Crippen molar-refractivity contribution in [1.29, 1.82) is 0 Å². The van der Waals surface area contributed by atoms with E-state index in [-0.39, 0.29) is 12.1 Å². The minimum Gasteiger partial charge on any atom is -0.393 e. The van der Waals surface area contributed by atoms with Crippen LogP contribution in [0.25, 0.3) is 16.7 Å². The maximum absolute atomic E-state index is 9.54. The highest BCUT2D eigenvalue weighted by Gasteiger charge is 2.27. The second-order valence-corrected chi connectivity index (χ2v) is 8.47. The number of aromatic nitrogens is 4. The maximum atomic E-state index is 9.54. The van der Waals surface area contributed by atoms with Crippen molar-refractivity contribution in [3.8, 4) is 5.82 Å². The molecule has 1 aliphatic carbocycles. The maximum Gasteiger partial charge on any atom is 0.159 e. The molecular weight excluding hydrogens is 364 g/mol. The lowest BCUT2D eigenvalue weighted by atomic mass is 9.87. The lowest BCUT2D eigenvalue weighted by Gasteiger charge is -2.32. The summed E-state index contributed by atoms with van der Waals surface area (Å²) in [7, 11) is 0. The van der Waals surface area contributed by atoms with Gasteiger partial charge >= 0.3 is 0 Å². The Balaban J connectivity index is 1.52. The second-order valence-electron chi connectivity index (χ2n) is 8.47. The highest BCUT2D eigenvalue weighted by Crippen LogP contribution is 2.32. The molecule has 0 bridgehead atoms. The summed E-state index contributed by atoms with van der Waals surface area (Å²) < 4.78 is 1.93. The molecule has 0 unspecified atom stereocenters. The van der Waals surface area contributed by atoms with Crippen molar-refractivity contribution in [2.24, 2.45) is 0 Å². The molecule has 0 spiro atoms. The Morgan fingerprint density at radius 2 is 1.90 bits per heavy atom. The normalized spacial score (nSPS) is 22.6. The van der Waals surface area contributed by atoms with Gasteiger partial charge in [-0.3, -0.25) is 0 Å². The topological polar surface area (TPSA) is 87.9 Å². The van der Waals surface area contributed by atoms with Gasteiger partial charge in [0.15, 0.2) is 5.82 Å². The van der Waals surface area contributed by atoms with E-state index in [2.05, 4.69) is 44.8 Å². The van der Waals surface area contributed by atoms with Crippen molar-refractivity contribution in [2.45, 2.75) is 57.6 Å². The second kappa shape index (κ2) is 7.39. The number of nitrogens with one attached hydrogen (secondary N) is 2. The summed E-state index contributed by atoms with van der Waals surface area (Å²) in [5, 5.41) is 22.2. The zero-order chi connectivity index (χ0) is 20.0. The molecule has 2 fully saturated rings. The van der Waals surface area contributed by atoms with Crippen molar-refractivity contribution in [1.82, 2.24) is 25.1 Å². The van der Waals surface area contributed by atoms with E-state index in [0.717, 1.165) is 48.5 Å². The third-order valence-corrected chi connectivity index (χ3v) is 6.24. The summed E-state index contributed by atoms with van der Waals surface area (Å²) in [5.74, 6) is 2.87. The van der Waals surface area contributed by atoms with E-state index in [1.54, 1.807) is 0 Å². The third-order valence-electron chi connectivity index (χ3n) is 6.24. The zero-order valence-corrected chi connectivity index (χ0v) is 17.0. The van der Waals surface area contributed by atoms with Crippen LogP contribution in [0, 0.1) is 13.8 Å². The molecule has 3 heterocycles. The van der Waals surface area contributed by atoms with E-state index in [9.17, 15) is 5.11 Å². The molecule has 0 atom stereocenters. The van der Waals surface area contributed by atoms with Gasteiger partial charge in [0, 0.05) is 17.5 Å². The number of rotatable bonds is 4. The van der Waals surface area contributed by atoms with Crippen LogP contribution in [0.4, 0.5) is 5.82 Å². The number of aryl methyl sites for hydroxylation is 2. The van der Waals surface area contributed by atoms with Crippen molar-refractivity contribution in [2.75, 3.05) is 18.4 Å². The van der Waals surface area contributed by atoms with Gasteiger partial charge in [-0.1, -0.05) is 0 Å². The first-order valence-corrected chi connectivity index (χ1v) is 10.6. The summed E-state index contributed by atoms with van der Waals surface area (Å²) in [6.45, 7) is 6.27. The van der Waals surface area contributed by atoms with Gasteiger partial charge in [-0.25, -0.2) is 14.6 Å². The minimum absolute atomic E-state index is 0.193. The van der Waals surface area contributed by atoms with Gasteiger partial charge in [-0.2, -0.15) is 5.10 Å². The van der Waals surface area contributed by atoms with E-state index in [0.29, 0.717) is 11.7 Å². The van der Waals surface area contributed by atoms with Gasteiger partial charge in [0.2, 0.25) is 0 Å². The first kappa shape index (κ1) is 18.5. The number of benzene rings is 1. The van der Waals surface area contributed by atoms with Crippen LogP contribution in [-0.4, -0.2) is 50.1 Å². The molecular formula is C22H28N6O. The van der Waals surface area contributed by atoms with Crippen LogP contribution in [-0.2, 0) is 0 Å². The van der Waals surface area contributed by atoms with Crippen LogP contribution in [0.5, 0.6) is 0 Å². The molecule has 0 amide bonds. The smallest absolute Gasteiger partial charge is 0.159 e. The molecule has 1 saturated heterocycles. The largest absolute Gasteiger partial charge is 0.393 e. The minimum atomic E-state index is -0.193. The van der Waals surface area contributed by atoms with Gasteiger partial charge < -0.3 is 15.7 Å². The molecule has 3 aromatic rings. The van der Waals surface area contributed by atoms with Gasteiger partial charge in [-0.05, 0) is 81.8 Å². The highest BCUT2D eigenvalue weighted by atomic mass is 16.3. The van der Waals surface area contributed by atoms with E-state index in [1.807, 2.05) is 23.9 Å². The van der Waals surface area contributed by atoms with E-state index in [4.69, 9.17) is 0 Å². The Morgan fingerprint density at radius 1 is 1.10 bits per heavy atom. The average Bonchev–Trinajstić information content (AvgIpc) is 3.09. The van der Waals surface area contributed by atoms with Crippen LogP contribution >= 0.6 is 0 Å². The Labute approximate surface area is 170 Å². The molecule has 1 aromatic carbocycles. The fraction of sp³-hybridized carbons (Fsp3) is 0.500. The molecule has 7 nitrogen and oxygen atoms in total. The van der Waals surface area contributed by atoms with Gasteiger partial charge in [0.1, 0.15) is 11.6 Å². The Morgan fingerprint density at radius 3 is 2.66 bits per heavy atom. The number of aliphatic hydroxyl groups is 1. The number of anilines is 1. The van der Waals surface area contributed by atoms with Gasteiger partial charge in [0.05, 0.1) is 17.8 Å². The Bertz CT molecular complexity index is 1030. The number of hydrogen-bond acceptors (Lipinski definition) is 6. The number of hydrogen-bond donors (Lipinski definition) is 3. The van der Waals surface area contributed by atoms with Crippen molar-refractivity contribution in [3.63, 3.8) is 0 Å². The Kier molecular flexibility index (Phi) is 4.72. The highest BCUT2D eigenvalue weighted by molar-refractivity contribution is 5.82. The molecule has 0 radical (unpaired) electrons. The van der Waals surface area contributed by atoms with Crippen LogP contribution in [0.3, 0.4) is 0 Å². The van der Waals surface area contributed by atoms with Gasteiger partial charge in [0.25, 0.3) is 0 Å². The van der Waals surface area contributed by atoms with Crippen molar-refractivity contribution < 1.29 is 5.11 Å². The third kappa shape index (κ3) is 3.60. The summed E-state index contributed by atoms with van der Waals surface area (Å²) in [5.41, 5.74) is 3.86. The molecule has 5 rings (SSSR count). The average molecular weight is 393 g/mol. The van der Waals surface area contributed by atoms with Crippen LogP contribution < -0.4 is 10.6 Å². The standard InChI is InChI=1S/C22H28N6O/c1-13-7-16-12-24-28(20(16)10-19(13)15-3-5-23-6-4-15)22-11-21(25-14(2)26-22)27-17-8-18(29)9-17/h7,10-12,15,17-18,23,29H,3-6,8-9H2,1-2H3,(H,25,26,27)/t17-,18+. The monoisotopic (exact) mass is 392 g/mol. The molecule has 1 aliphatic heterocycles. The molecule has 7 heteroatoms. The number of piperidine rings is 1. The summed E-state index contributed by atoms with van der Waals surface area (Å²) >= 11 is 0. The lowest BCUT2D eigenvalue weighted by Crippen LogP contribution is -2.39. The molecule has 152 valence electrons. The molecule has 2 aromatic heterocycles. The summed E-state index contributed by atoms with van der Waals surface area (Å²) in [6.07, 6.45) is 5.61. The predicted molar refractivity (Wildman–Crippen MR) is 114 cm³/mol. The first-order valence-electron chi connectivity index (χ1n) is 10.6. The molecule has 1 saturated carbocycles. The molecule has 2 aliphatic rings. The van der Waals surface area contributed by atoms with Crippen LogP contribution in [0.2, 0.25) is 0 Å². The quantitative estimate of drug-likeness (QED) is 0.633. The van der Waals surface area contributed by atoms with E-state index < -0.39 is 0 Å². The van der Waals surface area contributed by atoms with Crippen LogP contribution in [0.1, 0.15) is 48.6 Å². The van der Waals surface area contributed by atoms with E-state index in [1.165, 1.54) is 24.0 Å². The van der Waals surface area contributed by atoms with Crippen LogP contribution in [0.15, 0.2) is 24.4 Å². The van der Waals surface area contributed by atoms with Crippen molar-refractivity contribution >= 4 is 16.7 Å². The number of fused-ring (bicyclic) bond motifs is 1. The number of nitrogens with zero attached hydrogens (tertiary/aromatic N) is 4. The number of aliphatic hydroxyl groups excluding tert-OH is 1. The lowest BCUT2D eigenvalue weighted by molar-refractivity contribution is 0.0835. The predicted octanol–water partition coefficient (Wildman–Crippen LogP) is 2.83. The Hall–Kier alpha value is -2.51. The SMILES string of the molecule is Cc1nc(N[C@H]2C[C@@H](O)C2)cc(-n2ncc3cc(C)c(C4CCNCC4)cc32)n1. The fourth-order valence-electron chi connectivity index (χ4n) is 4.61. The summed E-state index contributed by atoms with van der Waals surface area (Å²) in [4.78, 5) is 9.17. The first-order chi connectivity index (χ1) is 14.1. The molecule has 29 heavy (non-hydrogen) atoms. The fourth-order valence-corrected chi connectivity index (χ4v) is 4.61. The zero-order valence-electron chi connectivity index (χ0n) is 17.0. The van der Waals surface area contributed by atoms with Gasteiger partial charge in [-0.15, -0.1) is 0 Å². The summed E-state index contributed by atoms with van der Waals surface area (Å²) in [6, 6.07) is 6.78. The van der Waals surface area contributed by atoms with Crippen molar-refractivity contribution in [3.05, 3.63) is 41.3 Å². The van der Waals surface area contributed by atoms with E-state index >= 15 is 0 Å².